The van der Waals surface area contributed by atoms with Crippen molar-refractivity contribution >= 4 is 17.8 Å². The van der Waals surface area contributed by atoms with Crippen LogP contribution in [0, 0.1) is 0 Å². The number of rotatable bonds is 5. The van der Waals surface area contributed by atoms with Crippen molar-refractivity contribution in [3.8, 4) is 0 Å². The summed E-state index contributed by atoms with van der Waals surface area (Å²) in [7, 11) is 0. The Kier molecular flexibility index (Phi) is 4.79. The summed E-state index contributed by atoms with van der Waals surface area (Å²) in [6.45, 7) is 2.23. The molecule has 0 saturated heterocycles. The van der Waals surface area contributed by atoms with E-state index in [1.807, 2.05) is 24.3 Å². The maximum absolute atomic E-state index is 5.67. The quantitative estimate of drug-likeness (QED) is 0.600. The van der Waals surface area contributed by atoms with E-state index in [0.717, 1.165) is 5.69 Å². The lowest BCUT2D eigenvalue weighted by Crippen LogP contribution is -1.84. The highest BCUT2D eigenvalue weighted by atomic mass is 14.5. The van der Waals surface area contributed by atoms with Crippen LogP contribution in [-0.2, 0) is 6.42 Å². The Hall–Kier alpha value is -2.02. The molecule has 2 rings (SSSR count). The second-order valence-electron chi connectivity index (χ2n) is 4.85. The molecule has 1 nitrogen and oxygen atoms in total. The van der Waals surface area contributed by atoms with Crippen LogP contribution < -0.4 is 5.73 Å². The summed E-state index contributed by atoms with van der Waals surface area (Å²) in [5.74, 6) is 0. The van der Waals surface area contributed by atoms with Crippen LogP contribution in [0.2, 0.25) is 0 Å². The van der Waals surface area contributed by atoms with Crippen LogP contribution in [-0.4, -0.2) is 0 Å². The van der Waals surface area contributed by atoms with Crippen molar-refractivity contribution in [2.24, 2.45) is 0 Å². The molecule has 0 atom stereocenters. The normalized spacial score (nSPS) is 11.0. The molecule has 0 unspecified atom stereocenters. The minimum Gasteiger partial charge on any atom is -0.399 e. The van der Waals surface area contributed by atoms with Gasteiger partial charge in [0.05, 0.1) is 0 Å². The van der Waals surface area contributed by atoms with E-state index >= 15 is 0 Å². The maximum Gasteiger partial charge on any atom is 0.0314 e. The molecule has 98 valence electrons. The van der Waals surface area contributed by atoms with Crippen LogP contribution in [0.15, 0.2) is 48.5 Å². The third kappa shape index (κ3) is 4.29. The Bertz CT molecular complexity index is 521. The van der Waals surface area contributed by atoms with E-state index in [0.29, 0.717) is 0 Å². The molecular weight excluding hydrogens is 230 g/mol. The topological polar surface area (TPSA) is 26.0 Å². The first kappa shape index (κ1) is 13.4. The molecule has 19 heavy (non-hydrogen) atoms. The SMILES string of the molecule is CCCCc1ccc(/C=C/c2ccc(N)cc2)cc1. The highest BCUT2D eigenvalue weighted by Crippen LogP contribution is 2.12. The summed E-state index contributed by atoms with van der Waals surface area (Å²) in [5, 5.41) is 0. The fourth-order valence-electron chi connectivity index (χ4n) is 1.98. The zero-order valence-electron chi connectivity index (χ0n) is 11.5. The third-order valence-corrected chi connectivity index (χ3v) is 3.20. The van der Waals surface area contributed by atoms with Gasteiger partial charge < -0.3 is 5.73 Å². The number of benzene rings is 2. The average molecular weight is 251 g/mol. The number of hydrogen-bond acceptors (Lipinski definition) is 1. The van der Waals surface area contributed by atoms with Crippen molar-refractivity contribution in [3.05, 3.63) is 65.2 Å². The lowest BCUT2D eigenvalue weighted by molar-refractivity contribution is 0.795. The minimum atomic E-state index is 0.803. The van der Waals surface area contributed by atoms with Crippen LogP contribution in [0.25, 0.3) is 12.2 Å². The number of unbranched alkanes of at least 4 members (excludes halogenated alkanes) is 1. The molecule has 0 saturated carbocycles. The molecule has 0 fully saturated rings. The van der Waals surface area contributed by atoms with Crippen molar-refractivity contribution in [3.63, 3.8) is 0 Å². The van der Waals surface area contributed by atoms with Crippen molar-refractivity contribution in [2.75, 3.05) is 5.73 Å². The van der Waals surface area contributed by atoms with Gasteiger partial charge in [-0.1, -0.05) is 61.9 Å². The number of nitrogens with two attached hydrogens (primary N) is 1. The zero-order chi connectivity index (χ0) is 13.5. The standard InChI is InChI=1S/C18H21N/c1-2-3-4-15-5-7-16(8-6-15)9-10-17-11-13-18(19)14-12-17/h5-14H,2-4,19H2,1H3/b10-9+. The van der Waals surface area contributed by atoms with E-state index in [1.165, 1.54) is 36.0 Å². The molecule has 0 spiro atoms. The lowest BCUT2D eigenvalue weighted by Gasteiger charge is -2.00. The van der Waals surface area contributed by atoms with Crippen LogP contribution in [0.5, 0.6) is 0 Å². The smallest absolute Gasteiger partial charge is 0.0314 e. The second kappa shape index (κ2) is 6.79. The Balaban J connectivity index is 2.00. The summed E-state index contributed by atoms with van der Waals surface area (Å²) in [6.07, 6.45) is 7.94. The van der Waals surface area contributed by atoms with Crippen LogP contribution in [0.4, 0.5) is 5.69 Å². The fraction of sp³-hybridized carbons (Fsp3) is 0.222. The second-order valence-corrected chi connectivity index (χ2v) is 4.85. The Morgan fingerprint density at radius 2 is 1.37 bits per heavy atom. The summed E-state index contributed by atoms with van der Waals surface area (Å²) < 4.78 is 0. The summed E-state index contributed by atoms with van der Waals surface area (Å²) >= 11 is 0. The van der Waals surface area contributed by atoms with Gasteiger partial charge in [0.15, 0.2) is 0 Å². The fourth-order valence-corrected chi connectivity index (χ4v) is 1.98. The van der Waals surface area contributed by atoms with E-state index in [-0.39, 0.29) is 0 Å². The van der Waals surface area contributed by atoms with Gasteiger partial charge in [0.1, 0.15) is 0 Å². The first-order valence-corrected chi connectivity index (χ1v) is 6.90. The van der Waals surface area contributed by atoms with Gasteiger partial charge in [-0.2, -0.15) is 0 Å². The van der Waals surface area contributed by atoms with Crippen molar-refractivity contribution in [1.29, 1.82) is 0 Å². The Labute approximate surface area is 115 Å². The van der Waals surface area contributed by atoms with E-state index < -0.39 is 0 Å². The average Bonchev–Trinajstić information content (AvgIpc) is 2.46. The number of hydrogen-bond donors (Lipinski definition) is 1. The Morgan fingerprint density at radius 3 is 1.89 bits per heavy atom. The number of nitrogen functional groups attached to an aromatic ring is 1. The first-order valence-electron chi connectivity index (χ1n) is 6.90. The largest absolute Gasteiger partial charge is 0.399 e. The molecule has 0 amide bonds. The maximum atomic E-state index is 5.67. The van der Waals surface area contributed by atoms with Gasteiger partial charge >= 0.3 is 0 Å². The lowest BCUT2D eigenvalue weighted by atomic mass is 10.1. The molecule has 0 heterocycles. The molecule has 1 heteroatoms. The summed E-state index contributed by atoms with van der Waals surface area (Å²) in [4.78, 5) is 0. The molecule has 0 radical (unpaired) electrons. The van der Waals surface area contributed by atoms with Crippen molar-refractivity contribution in [1.82, 2.24) is 0 Å². The van der Waals surface area contributed by atoms with Gasteiger partial charge in [-0.25, -0.2) is 0 Å². The number of aryl methyl sites for hydroxylation is 1. The van der Waals surface area contributed by atoms with Crippen LogP contribution in [0.1, 0.15) is 36.5 Å². The third-order valence-electron chi connectivity index (χ3n) is 3.20. The van der Waals surface area contributed by atoms with E-state index in [9.17, 15) is 0 Å². The van der Waals surface area contributed by atoms with Crippen LogP contribution in [0.3, 0.4) is 0 Å². The molecule has 0 aromatic heterocycles. The molecular formula is C18H21N. The van der Waals surface area contributed by atoms with E-state index in [4.69, 9.17) is 5.73 Å². The molecule has 0 aliphatic rings. The monoisotopic (exact) mass is 251 g/mol. The number of anilines is 1. The molecule has 2 N–H and O–H groups in total. The van der Waals surface area contributed by atoms with Gasteiger partial charge in [0.25, 0.3) is 0 Å². The van der Waals surface area contributed by atoms with Crippen molar-refractivity contribution < 1.29 is 0 Å². The summed E-state index contributed by atoms with van der Waals surface area (Å²) in [5.41, 5.74) is 10.3. The van der Waals surface area contributed by atoms with Gasteiger partial charge in [0.2, 0.25) is 0 Å². The minimum absolute atomic E-state index is 0.803. The highest BCUT2D eigenvalue weighted by Gasteiger charge is 1.93. The van der Waals surface area contributed by atoms with Crippen LogP contribution >= 0.6 is 0 Å². The van der Waals surface area contributed by atoms with E-state index in [2.05, 4.69) is 43.3 Å². The van der Waals surface area contributed by atoms with Crippen molar-refractivity contribution in [2.45, 2.75) is 26.2 Å². The highest BCUT2D eigenvalue weighted by molar-refractivity contribution is 5.70. The summed E-state index contributed by atoms with van der Waals surface area (Å²) in [6, 6.07) is 16.7. The Morgan fingerprint density at radius 1 is 0.842 bits per heavy atom. The van der Waals surface area contributed by atoms with Gasteiger partial charge in [-0.3, -0.25) is 0 Å². The molecule has 0 bridgehead atoms. The zero-order valence-corrected chi connectivity index (χ0v) is 11.5. The molecule has 0 aliphatic heterocycles. The van der Waals surface area contributed by atoms with E-state index in [1.54, 1.807) is 0 Å². The first-order chi connectivity index (χ1) is 9.28. The van der Waals surface area contributed by atoms with Gasteiger partial charge in [-0.15, -0.1) is 0 Å². The molecule has 0 aliphatic carbocycles. The predicted molar refractivity (Wildman–Crippen MR) is 84.8 cm³/mol. The van der Waals surface area contributed by atoms with Gasteiger partial charge in [-0.05, 0) is 41.7 Å². The predicted octanol–water partition coefficient (Wildman–Crippen LogP) is 4.78. The molecule has 2 aromatic carbocycles. The van der Waals surface area contributed by atoms with Gasteiger partial charge in [0, 0.05) is 5.69 Å². The molecule has 2 aromatic rings.